The third-order valence-electron chi connectivity index (χ3n) is 2.93. The third-order valence-corrected chi connectivity index (χ3v) is 2.93. The van der Waals surface area contributed by atoms with E-state index in [0.717, 1.165) is 32.3 Å². The van der Waals surface area contributed by atoms with E-state index in [-0.39, 0.29) is 6.04 Å². The molecule has 0 saturated carbocycles. The molecule has 86 valence electrons. The van der Waals surface area contributed by atoms with Gasteiger partial charge in [0.25, 0.3) is 0 Å². The first kappa shape index (κ1) is 11.1. The maximum atomic E-state index is 6.13. The van der Waals surface area contributed by atoms with Gasteiger partial charge in [-0.3, -0.25) is 4.98 Å². The van der Waals surface area contributed by atoms with Crippen molar-refractivity contribution in [3.05, 3.63) is 41.9 Å². The standard InChI is InChI=1S/C13H18N2O/c14-13(12-2-1-9-16-10-12)4-3-11-5-7-15-8-6-11/h5-8,10,13H,1-4,9,14H2. The van der Waals surface area contributed by atoms with Crippen LogP contribution in [0.2, 0.25) is 0 Å². The van der Waals surface area contributed by atoms with Crippen molar-refractivity contribution < 1.29 is 4.74 Å². The van der Waals surface area contributed by atoms with Crippen LogP contribution in [0.4, 0.5) is 0 Å². The summed E-state index contributed by atoms with van der Waals surface area (Å²) in [7, 11) is 0. The molecule has 3 heteroatoms. The molecule has 0 amide bonds. The Hall–Kier alpha value is -1.35. The Morgan fingerprint density at radius 3 is 2.88 bits per heavy atom. The Balaban J connectivity index is 1.83. The van der Waals surface area contributed by atoms with E-state index < -0.39 is 0 Å². The van der Waals surface area contributed by atoms with E-state index >= 15 is 0 Å². The summed E-state index contributed by atoms with van der Waals surface area (Å²) in [5, 5.41) is 0. The molecule has 0 aliphatic carbocycles. The van der Waals surface area contributed by atoms with E-state index in [4.69, 9.17) is 10.5 Å². The molecule has 0 radical (unpaired) electrons. The highest BCUT2D eigenvalue weighted by atomic mass is 16.5. The van der Waals surface area contributed by atoms with E-state index in [1.165, 1.54) is 11.1 Å². The quantitative estimate of drug-likeness (QED) is 0.841. The maximum Gasteiger partial charge on any atom is 0.0876 e. The Kier molecular flexibility index (Phi) is 3.94. The van der Waals surface area contributed by atoms with Gasteiger partial charge in [0.05, 0.1) is 12.9 Å². The molecule has 0 fully saturated rings. The van der Waals surface area contributed by atoms with Crippen molar-refractivity contribution in [2.24, 2.45) is 5.73 Å². The molecule has 16 heavy (non-hydrogen) atoms. The minimum absolute atomic E-state index is 0.133. The van der Waals surface area contributed by atoms with Crippen molar-refractivity contribution in [3.63, 3.8) is 0 Å². The van der Waals surface area contributed by atoms with E-state index in [0.29, 0.717) is 0 Å². The summed E-state index contributed by atoms with van der Waals surface area (Å²) < 4.78 is 5.30. The number of rotatable bonds is 4. The first-order valence-electron chi connectivity index (χ1n) is 5.81. The minimum atomic E-state index is 0.133. The molecule has 1 aliphatic heterocycles. The van der Waals surface area contributed by atoms with Gasteiger partial charge in [0.15, 0.2) is 0 Å². The molecule has 0 bridgehead atoms. The number of ether oxygens (including phenoxy) is 1. The van der Waals surface area contributed by atoms with Crippen LogP contribution >= 0.6 is 0 Å². The summed E-state index contributed by atoms with van der Waals surface area (Å²) in [5.41, 5.74) is 8.68. The minimum Gasteiger partial charge on any atom is -0.501 e. The highest BCUT2D eigenvalue weighted by molar-refractivity contribution is 5.13. The molecule has 2 rings (SSSR count). The summed E-state index contributed by atoms with van der Waals surface area (Å²) in [4.78, 5) is 4.00. The molecule has 0 aromatic carbocycles. The normalized spacial score (nSPS) is 17.4. The number of aromatic nitrogens is 1. The van der Waals surface area contributed by atoms with Crippen molar-refractivity contribution in [2.75, 3.05) is 6.61 Å². The average Bonchev–Trinajstić information content (AvgIpc) is 2.38. The largest absolute Gasteiger partial charge is 0.501 e. The molecule has 2 heterocycles. The fraction of sp³-hybridized carbons (Fsp3) is 0.462. The highest BCUT2D eigenvalue weighted by Gasteiger charge is 2.12. The highest BCUT2D eigenvalue weighted by Crippen LogP contribution is 2.17. The van der Waals surface area contributed by atoms with Crippen LogP contribution in [0.25, 0.3) is 0 Å². The fourth-order valence-electron chi connectivity index (χ4n) is 1.91. The zero-order chi connectivity index (χ0) is 11.2. The third kappa shape index (κ3) is 3.07. The van der Waals surface area contributed by atoms with Gasteiger partial charge in [-0.15, -0.1) is 0 Å². The number of pyridine rings is 1. The topological polar surface area (TPSA) is 48.1 Å². The summed E-state index contributed by atoms with van der Waals surface area (Å²) in [6.07, 6.45) is 9.64. The second-order valence-electron chi connectivity index (χ2n) is 4.17. The SMILES string of the molecule is NC(CCc1ccncc1)C1=COCCC1. The molecule has 0 spiro atoms. The van der Waals surface area contributed by atoms with Crippen molar-refractivity contribution in [1.29, 1.82) is 0 Å². The van der Waals surface area contributed by atoms with E-state index in [2.05, 4.69) is 4.98 Å². The summed E-state index contributed by atoms with van der Waals surface area (Å²) in [6, 6.07) is 4.21. The van der Waals surface area contributed by atoms with Crippen molar-refractivity contribution >= 4 is 0 Å². The fourth-order valence-corrected chi connectivity index (χ4v) is 1.91. The lowest BCUT2D eigenvalue weighted by Crippen LogP contribution is -2.25. The Bertz CT molecular complexity index is 348. The first-order chi connectivity index (χ1) is 7.86. The molecule has 1 aromatic rings. The molecule has 2 N–H and O–H groups in total. The van der Waals surface area contributed by atoms with Crippen molar-refractivity contribution in [2.45, 2.75) is 31.7 Å². The molecule has 0 saturated heterocycles. The van der Waals surface area contributed by atoms with E-state index in [9.17, 15) is 0 Å². The number of nitrogens with two attached hydrogens (primary N) is 1. The van der Waals surface area contributed by atoms with Crippen LogP contribution in [0.15, 0.2) is 36.4 Å². The lowest BCUT2D eigenvalue weighted by molar-refractivity contribution is 0.221. The Morgan fingerprint density at radius 2 is 2.19 bits per heavy atom. The number of hydrogen-bond donors (Lipinski definition) is 1. The van der Waals surface area contributed by atoms with Crippen LogP contribution in [-0.2, 0) is 11.2 Å². The molecular weight excluding hydrogens is 200 g/mol. The number of hydrogen-bond acceptors (Lipinski definition) is 3. The molecule has 1 aromatic heterocycles. The first-order valence-corrected chi connectivity index (χ1v) is 5.81. The lowest BCUT2D eigenvalue weighted by Gasteiger charge is -2.19. The second-order valence-corrected chi connectivity index (χ2v) is 4.17. The monoisotopic (exact) mass is 218 g/mol. The number of nitrogens with zero attached hydrogens (tertiary/aromatic N) is 1. The predicted molar refractivity (Wildman–Crippen MR) is 63.8 cm³/mol. The van der Waals surface area contributed by atoms with E-state index in [1.807, 2.05) is 30.8 Å². The molecular formula is C13H18N2O. The summed E-state index contributed by atoms with van der Waals surface area (Å²) in [6.45, 7) is 0.834. The van der Waals surface area contributed by atoms with Gasteiger partial charge in [-0.25, -0.2) is 0 Å². The second kappa shape index (κ2) is 5.66. The smallest absolute Gasteiger partial charge is 0.0876 e. The molecule has 3 nitrogen and oxygen atoms in total. The van der Waals surface area contributed by atoms with Gasteiger partial charge in [0, 0.05) is 18.4 Å². The van der Waals surface area contributed by atoms with Gasteiger partial charge in [0.1, 0.15) is 0 Å². The Morgan fingerprint density at radius 1 is 1.38 bits per heavy atom. The summed E-state index contributed by atoms with van der Waals surface area (Å²) in [5.74, 6) is 0. The van der Waals surface area contributed by atoms with Crippen LogP contribution in [-0.4, -0.2) is 17.6 Å². The van der Waals surface area contributed by atoms with Crippen LogP contribution in [0.3, 0.4) is 0 Å². The van der Waals surface area contributed by atoms with Crippen LogP contribution in [0.5, 0.6) is 0 Å². The van der Waals surface area contributed by atoms with Gasteiger partial charge in [-0.05, 0) is 49.0 Å². The molecule has 1 atom stereocenters. The summed E-state index contributed by atoms with van der Waals surface area (Å²) >= 11 is 0. The van der Waals surface area contributed by atoms with Gasteiger partial charge >= 0.3 is 0 Å². The lowest BCUT2D eigenvalue weighted by atomic mass is 9.97. The average molecular weight is 218 g/mol. The van der Waals surface area contributed by atoms with Crippen molar-refractivity contribution in [1.82, 2.24) is 4.98 Å². The van der Waals surface area contributed by atoms with Crippen LogP contribution < -0.4 is 5.73 Å². The van der Waals surface area contributed by atoms with Gasteiger partial charge in [-0.2, -0.15) is 0 Å². The van der Waals surface area contributed by atoms with Gasteiger partial charge in [-0.1, -0.05) is 0 Å². The van der Waals surface area contributed by atoms with Crippen molar-refractivity contribution in [3.8, 4) is 0 Å². The zero-order valence-electron chi connectivity index (χ0n) is 9.43. The molecule has 1 unspecified atom stereocenters. The Labute approximate surface area is 96.3 Å². The van der Waals surface area contributed by atoms with E-state index in [1.54, 1.807) is 0 Å². The van der Waals surface area contributed by atoms with Crippen LogP contribution in [0.1, 0.15) is 24.8 Å². The molecule has 1 aliphatic rings. The predicted octanol–water partition coefficient (Wildman–Crippen LogP) is 2.04. The van der Waals surface area contributed by atoms with Gasteiger partial charge < -0.3 is 10.5 Å². The van der Waals surface area contributed by atoms with Crippen LogP contribution in [0, 0.1) is 0 Å². The number of aryl methyl sites for hydroxylation is 1. The van der Waals surface area contributed by atoms with Gasteiger partial charge in [0.2, 0.25) is 0 Å². The maximum absolute atomic E-state index is 6.13. The zero-order valence-corrected chi connectivity index (χ0v) is 9.43.